The van der Waals surface area contributed by atoms with Crippen molar-refractivity contribution in [3.8, 4) is 5.75 Å². The van der Waals surface area contributed by atoms with Gasteiger partial charge in [-0.1, -0.05) is 0 Å². The normalized spacial score (nSPS) is 12.3. The Morgan fingerprint density at radius 2 is 2.25 bits per heavy atom. The number of hydrogen-bond acceptors (Lipinski definition) is 4. The maximum Gasteiger partial charge on any atom is 0.313 e. The fraction of sp³-hybridized carbons (Fsp3) is 0.400. The summed E-state index contributed by atoms with van der Waals surface area (Å²) in [6.07, 6.45) is 1.82. The summed E-state index contributed by atoms with van der Waals surface area (Å²) in [5.74, 6) is 0.0929. The summed E-state index contributed by atoms with van der Waals surface area (Å²) in [5, 5.41) is 9.71. The first-order chi connectivity index (χ1) is 9.67. The molecular formula is C15H19NO4. The van der Waals surface area contributed by atoms with E-state index in [9.17, 15) is 4.79 Å². The monoisotopic (exact) mass is 277 g/mol. The lowest BCUT2D eigenvalue weighted by molar-refractivity contribution is -0.144. The predicted molar refractivity (Wildman–Crippen MR) is 75.9 cm³/mol. The zero-order valence-corrected chi connectivity index (χ0v) is 11.7. The van der Waals surface area contributed by atoms with Gasteiger partial charge in [-0.15, -0.1) is 0 Å². The standard InChI is InChI=1S/C15H19NO4/c1-3-19-15(18)10(2)13-9-16-14-5-4-11(8-12(13)14)20-7-6-17/h4-5,8-10,16-17H,3,6-7H2,1-2H3. The van der Waals surface area contributed by atoms with Gasteiger partial charge >= 0.3 is 5.97 Å². The number of fused-ring (bicyclic) bond motifs is 1. The molecule has 2 rings (SSSR count). The fourth-order valence-electron chi connectivity index (χ4n) is 2.13. The van der Waals surface area contributed by atoms with Crippen LogP contribution in [-0.2, 0) is 9.53 Å². The van der Waals surface area contributed by atoms with Crippen LogP contribution in [0.4, 0.5) is 0 Å². The minimum atomic E-state index is -0.336. The molecule has 0 aliphatic rings. The summed E-state index contributed by atoms with van der Waals surface area (Å²) in [6.45, 7) is 4.20. The molecule has 0 spiro atoms. The van der Waals surface area contributed by atoms with Crippen LogP contribution in [0.2, 0.25) is 0 Å². The van der Waals surface area contributed by atoms with Crippen molar-refractivity contribution >= 4 is 16.9 Å². The lowest BCUT2D eigenvalue weighted by Gasteiger charge is -2.10. The summed E-state index contributed by atoms with van der Waals surface area (Å²) >= 11 is 0. The molecule has 1 aromatic carbocycles. The van der Waals surface area contributed by atoms with E-state index in [0.29, 0.717) is 12.4 Å². The Balaban J connectivity index is 2.31. The van der Waals surface area contributed by atoms with E-state index in [-0.39, 0.29) is 25.1 Å². The number of aromatic nitrogens is 1. The minimum Gasteiger partial charge on any atom is -0.491 e. The molecular weight excluding hydrogens is 258 g/mol. The SMILES string of the molecule is CCOC(=O)C(C)c1c[nH]c2ccc(OCCO)cc12. The molecule has 1 heterocycles. The predicted octanol–water partition coefficient (Wildman–Crippen LogP) is 2.21. The van der Waals surface area contributed by atoms with Crippen LogP contribution in [0.3, 0.4) is 0 Å². The van der Waals surface area contributed by atoms with Crippen molar-refractivity contribution in [1.29, 1.82) is 0 Å². The van der Waals surface area contributed by atoms with E-state index in [4.69, 9.17) is 14.6 Å². The van der Waals surface area contributed by atoms with E-state index < -0.39 is 0 Å². The molecule has 0 saturated carbocycles. The molecule has 0 saturated heterocycles. The Morgan fingerprint density at radius 1 is 1.45 bits per heavy atom. The number of carbonyl (C=O) groups is 1. The highest BCUT2D eigenvalue weighted by Crippen LogP contribution is 2.29. The van der Waals surface area contributed by atoms with E-state index in [1.807, 2.05) is 31.3 Å². The van der Waals surface area contributed by atoms with Crippen molar-refractivity contribution in [2.75, 3.05) is 19.8 Å². The number of esters is 1. The van der Waals surface area contributed by atoms with Crippen LogP contribution in [0, 0.1) is 0 Å². The van der Waals surface area contributed by atoms with E-state index in [1.54, 1.807) is 6.92 Å². The first-order valence-corrected chi connectivity index (χ1v) is 6.68. The van der Waals surface area contributed by atoms with Crippen LogP contribution in [-0.4, -0.2) is 35.9 Å². The second-order valence-electron chi connectivity index (χ2n) is 4.50. The molecule has 2 N–H and O–H groups in total. The molecule has 2 aromatic rings. The third-order valence-corrected chi connectivity index (χ3v) is 3.15. The van der Waals surface area contributed by atoms with Crippen LogP contribution in [0.5, 0.6) is 5.75 Å². The lowest BCUT2D eigenvalue weighted by Crippen LogP contribution is -2.12. The average molecular weight is 277 g/mol. The summed E-state index contributed by atoms with van der Waals surface area (Å²) < 4.78 is 10.4. The smallest absolute Gasteiger partial charge is 0.313 e. The van der Waals surface area contributed by atoms with Crippen molar-refractivity contribution in [3.05, 3.63) is 30.0 Å². The van der Waals surface area contributed by atoms with Gasteiger partial charge in [0.2, 0.25) is 0 Å². The molecule has 0 aliphatic heterocycles. The van der Waals surface area contributed by atoms with Gasteiger partial charge in [-0.3, -0.25) is 4.79 Å². The minimum absolute atomic E-state index is 0.0305. The van der Waals surface area contributed by atoms with E-state index in [1.165, 1.54) is 0 Å². The number of aliphatic hydroxyl groups excluding tert-OH is 1. The Morgan fingerprint density at radius 3 is 2.95 bits per heavy atom. The molecule has 0 amide bonds. The molecule has 20 heavy (non-hydrogen) atoms. The van der Waals surface area contributed by atoms with Gasteiger partial charge in [0.05, 0.1) is 19.1 Å². The quantitative estimate of drug-likeness (QED) is 0.794. The maximum atomic E-state index is 11.8. The molecule has 5 heteroatoms. The molecule has 0 radical (unpaired) electrons. The summed E-state index contributed by atoms with van der Waals surface area (Å²) in [5.41, 5.74) is 1.82. The van der Waals surface area contributed by atoms with Crippen molar-refractivity contribution in [2.45, 2.75) is 19.8 Å². The van der Waals surface area contributed by atoms with Gasteiger partial charge in [-0.05, 0) is 37.6 Å². The third kappa shape index (κ3) is 2.93. The van der Waals surface area contributed by atoms with Gasteiger partial charge in [-0.25, -0.2) is 0 Å². The molecule has 0 fully saturated rings. The van der Waals surface area contributed by atoms with Crippen LogP contribution in [0.15, 0.2) is 24.4 Å². The highest BCUT2D eigenvalue weighted by Gasteiger charge is 2.20. The van der Waals surface area contributed by atoms with E-state index in [2.05, 4.69) is 4.98 Å². The van der Waals surface area contributed by atoms with E-state index in [0.717, 1.165) is 16.5 Å². The van der Waals surface area contributed by atoms with Gasteiger partial charge in [0, 0.05) is 17.1 Å². The number of ether oxygens (including phenoxy) is 2. The maximum absolute atomic E-state index is 11.8. The van der Waals surface area contributed by atoms with Gasteiger partial charge in [-0.2, -0.15) is 0 Å². The molecule has 108 valence electrons. The number of aromatic amines is 1. The number of carbonyl (C=O) groups excluding carboxylic acids is 1. The Kier molecular flexibility index (Phi) is 4.63. The highest BCUT2D eigenvalue weighted by atomic mass is 16.5. The second-order valence-corrected chi connectivity index (χ2v) is 4.50. The highest BCUT2D eigenvalue weighted by molar-refractivity contribution is 5.90. The lowest BCUT2D eigenvalue weighted by atomic mass is 10.0. The summed E-state index contributed by atoms with van der Waals surface area (Å²) in [4.78, 5) is 15.0. The Hall–Kier alpha value is -2.01. The fourth-order valence-corrected chi connectivity index (χ4v) is 2.13. The molecule has 1 aromatic heterocycles. The van der Waals surface area contributed by atoms with Gasteiger partial charge in [0.25, 0.3) is 0 Å². The van der Waals surface area contributed by atoms with Crippen molar-refractivity contribution in [1.82, 2.24) is 4.98 Å². The van der Waals surface area contributed by atoms with Gasteiger partial charge in [0.15, 0.2) is 0 Å². The van der Waals surface area contributed by atoms with Crippen molar-refractivity contribution < 1.29 is 19.4 Å². The van der Waals surface area contributed by atoms with Crippen molar-refractivity contribution in [3.63, 3.8) is 0 Å². The van der Waals surface area contributed by atoms with E-state index >= 15 is 0 Å². The summed E-state index contributed by atoms with van der Waals surface area (Å²) in [6, 6.07) is 5.59. The van der Waals surface area contributed by atoms with Gasteiger partial charge < -0.3 is 19.6 Å². The second kappa shape index (κ2) is 6.43. The number of H-pyrrole nitrogens is 1. The largest absolute Gasteiger partial charge is 0.491 e. The number of benzene rings is 1. The Bertz CT molecular complexity index is 591. The number of aliphatic hydroxyl groups is 1. The van der Waals surface area contributed by atoms with Crippen LogP contribution in [0.1, 0.15) is 25.3 Å². The first-order valence-electron chi connectivity index (χ1n) is 6.68. The van der Waals surface area contributed by atoms with Crippen LogP contribution in [0.25, 0.3) is 10.9 Å². The molecule has 1 unspecified atom stereocenters. The average Bonchev–Trinajstić information content (AvgIpc) is 2.87. The van der Waals surface area contributed by atoms with Crippen LogP contribution < -0.4 is 4.74 Å². The molecule has 0 aliphatic carbocycles. The first kappa shape index (κ1) is 14.4. The molecule has 1 atom stereocenters. The zero-order valence-electron chi connectivity index (χ0n) is 11.7. The van der Waals surface area contributed by atoms with Gasteiger partial charge in [0.1, 0.15) is 12.4 Å². The number of nitrogens with one attached hydrogen (secondary N) is 1. The van der Waals surface area contributed by atoms with Crippen molar-refractivity contribution in [2.24, 2.45) is 0 Å². The number of hydrogen-bond donors (Lipinski definition) is 2. The van der Waals surface area contributed by atoms with Crippen LogP contribution >= 0.6 is 0 Å². The topological polar surface area (TPSA) is 71.6 Å². The molecule has 5 nitrogen and oxygen atoms in total. The Labute approximate surface area is 117 Å². The molecule has 0 bridgehead atoms. The third-order valence-electron chi connectivity index (χ3n) is 3.15. The number of rotatable bonds is 6. The zero-order chi connectivity index (χ0) is 14.5. The summed E-state index contributed by atoms with van der Waals surface area (Å²) in [7, 11) is 0.